The van der Waals surface area contributed by atoms with Crippen molar-refractivity contribution in [2.24, 2.45) is 17.4 Å². The summed E-state index contributed by atoms with van der Waals surface area (Å²) in [6.45, 7) is 6.05. The highest BCUT2D eigenvalue weighted by Crippen LogP contribution is 2.25. The SMILES string of the molecule is CC(C)O[C@H]1OC(CN)[C@@H](C)C(O)C1N. The zero-order valence-corrected chi connectivity index (χ0v) is 9.59. The third-order valence-electron chi connectivity index (χ3n) is 2.78. The maximum atomic E-state index is 9.89. The fraction of sp³-hybridized carbons (Fsp3) is 1.00. The number of rotatable bonds is 3. The van der Waals surface area contributed by atoms with Crippen LogP contribution in [0.15, 0.2) is 0 Å². The van der Waals surface area contributed by atoms with Crippen molar-refractivity contribution in [3.05, 3.63) is 0 Å². The topological polar surface area (TPSA) is 90.7 Å². The molecule has 1 rings (SSSR count). The molecule has 5 heteroatoms. The quantitative estimate of drug-likeness (QED) is 0.589. The summed E-state index contributed by atoms with van der Waals surface area (Å²) in [6, 6.07) is -0.509. The van der Waals surface area contributed by atoms with Gasteiger partial charge in [0.1, 0.15) is 0 Å². The van der Waals surface area contributed by atoms with Gasteiger partial charge in [-0.15, -0.1) is 0 Å². The van der Waals surface area contributed by atoms with E-state index in [1.807, 2.05) is 20.8 Å². The lowest BCUT2D eigenvalue weighted by Crippen LogP contribution is -2.60. The molecule has 15 heavy (non-hydrogen) atoms. The summed E-state index contributed by atoms with van der Waals surface area (Å²) in [6.07, 6.45) is -1.37. The van der Waals surface area contributed by atoms with E-state index in [9.17, 15) is 5.11 Å². The van der Waals surface area contributed by atoms with Crippen LogP contribution < -0.4 is 11.5 Å². The number of ether oxygens (including phenoxy) is 2. The second-order valence-corrected chi connectivity index (χ2v) is 4.39. The lowest BCUT2D eigenvalue weighted by atomic mass is 9.89. The fourth-order valence-corrected chi connectivity index (χ4v) is 1.78. The Kier molecular flexibility index (Phi) is 4.48. The molecule has 1 fully saturated rings. The number of hydrogen-bond acceptors (Lipinski definition) is 5. The molecule has 5 nitrogen and oxygen atoms in total. The lowest BCUT2D eigenvalue weighted by Gasteiger charge is -2.42. The summed E-state index contributed by atoms with van der Waals surface area (Å²) in [5.41, 5.74) is 11.4. The minimum absolute atomic E-state index is 0.0140. The summed E-state index contributed by atoms with van der Waals surface area (Å²) >= 11 is 0. The first kappa shape index (κ1) is 12.9. The van der Waals surface area contributed by atoms with Crippen molar-refractivity contribution in [1.29, 1.82) is 0 Å². The molecule has 0 bridgehead atoms. The number of hydrogen-bond donors (Lipinski definition) is 3. The number of aliphatic hydroxyl groups is 1. The predicted molar refractivity (Wildman–Crippen MR) is 57.1 cm³/mol. The summed E-state index contributed by atoms with van der Waals surface area (Å²) in [4.78, 5) is 0. The minimum atomic E-state index is -0.629. The van der Waals surface area contributed by atoms with Crippen molar-refractivity contribution in [3.63, 3.8) is 0 Å². The Morgan fingerprint density at radius 2 is 2.07 bits per heavy atom. The summed E-state index contributed by atoms with van der Waals surface area (Å²) in [5.74, 6) is -0.0583. The molecule has 1 heterocycles. The lowest BCUT2D eigenvalue weighted by molar-refractivity contribution is -0.251. The third-order valence-corrected chi connectivity index (χ3v) is 2.78. The fourth-order valence-electron chi connectivity index (χ4n) is 1.78. The molecule has 0 saturated carbocycles. The molecular weight excluding hydrogens is 196 g/mol. The molecule has 3 unspecified atom stereocenters. The molecule has 0 aromatic heterocycles. The molecule has 0 aromatic carbocycles. The van der Waals surface area contributed by atoms with E-state index in [0.29, 0.717) is 6.54 Å². The Morgan fingerprint density at radius 1 is 1.47 bits per heavy atom. The molecule has 1 aliphatic heterocycles. The molecule has 90 valence electrons. The Hall–Kier alpha value is -0.200. The van der Waals surface area contributed by atoms with Gasteiger partial charge in [0, 0.05) is 12.5 Å². The molecule has 0 aliphatic carbocycles. The van der Waals surface area contributed by atoms with E-state index in [1.54, 1.807) is 0 Å². The molecule has 5 atom stereocenters. The van der Waals surface area contributed by atoms with E-state index in [1.165, 1.54) is 0 Å². The highest BCUT2D eigenvalue weighted by atomic mass is 16.7. The smallest absolute Gasteiger partial charge is 0.175 e. The van der Waals surface area contributed by atoms with Crippen LogP contribution in [0.3, 0.4) is 0 Å². The van der Waals surface area contributed by atoms with Crippen molar-refractivity contribution < 1.29 is 14.6 Å². The largest absolute Gasteiger partial charge is 0.391 e. The Labute approximate surface area is 90.7 Å². The molecule has 1 aliphatic rings. The Morgan fingerprint density at radius 3 is 2.53 bits per heavy atom. The zero-order chi connectivity index (χ0) is 11.6. The van der Waals surface area contributed by atoms with Crippen LogP contribution in [0.5, 0.6) is 0 Å². The van der Waals surface area contributed by atoms with Crippen LogP contribution in [-0.4, -0.2) is 42.3 Å². The van der Waals surface area contributed by atoms with E-state index in [-0.39, 0.29) is 18.1 Å². The minimum Gasteiger partial charge on any atom is -0.391 e. The Balaban J connectivity index is 2.65. The van der Waals surface area contributed by atoms with E-state index in [4.69, 9.17) is 20.9 Å². The monoisotopic (exact) mass is 218 g/mol. The van der Waals surface area contributed by atoms with Crippen LogP contribution in [0.1, 0.15) is 20.8 Å². The van der Waals surface area contributed by atoms with Gasteiger partial charge in [-0.05, 0) is 13.8 Å². The van der Waals surface area contributed by atoms with Crippen molar-refractivity contribution in [2.75, 3.05) is 6.54 Å². The van der Waals surface area contributed by atoms with Gasteiger partial charge in [-0.2, -0.15) is 0 Å². The average Bonchev–Trinajstić information content (AvgIpc) is 2.18. The molecule has 0 aromatic rings. The molecule has 1 saturated heterocycles. The van der Waals surface area contributed by atoms with Crippen molar-refractivity contribution in [2.45, 2.75) is 51.4 Å². The average molecular weight is 218 g/mol. The van der Waals surface area contributed by atoms with Gasteiger partial charge in [-0.3, -0.25) is 0 Å². The van der Waals surface area contributed by atoms with Crippen molar-refractivity contribution in [1.82, 2.24) is 0 Å². The third kappa shape index (κ3) is 2.89. The first-order valence-corrected chi connectivity index (χ1v) is 5.42. The summed E-state index contributed by atoms with van der Waals surface area (Å²) in [7, 11) is 0. The van der Waals surface area contributed by atoms with Gasteiger partial charge in [-0.1, -0.05) is 6.92 Å². The van der Waals surface area contributed by atoms with Gasteiger partial charge < -0.3 is 26.0 Å². The van der Waals surface area contributed by atoms with Crippen LogP contribution in [0.25, 0.3) is 0 Å². The van der Waals surface area contributed by atoms with Crippen molar-refractivity contribution >= 4 is 0 Å². The van der Waals surface area contributed by atoms with Gasteiger partial charge in [0.05, 0.1) is 24.4 Å². The maximum Gasteiger partial charge on any atom is 0.175 e. The Bertz CT molecular complexity index is 199. The number of aliphatic hydroxyl groups excluding tert-OH is 1. The number of nitrogens with two attached hydrogens (primary N) is 2. The van der Waals surface area contributed by atoms with Gasteiger partial charge in [0.15, 0.2) is 6.29 Å². The van der Waals surface area contributed by atoms with Crippen LogP contribution >= 0.6 is 0 Å². The molecule has 0 amide bonds. The van der Waals surface area contributed by atoms with Gasteiger partial charge >= 0.3 is 0 Å². The van der Waals surface area contributed by atoms with Gasteiger partial charge in [0.25, 0.3) is 0 Å². The normalized spacial score (nSPS) is 42.2. The van der Waals surface area contributed by atoms with E-state index in [2.05, 4.69) is 0 Å². The second kappa shape index (κ2) is 5.23. The highest BCUT2D eigenvalue weighted by molar-refractivity contribution is 4.89. The van der Waals surface area contributed by atoms with E-state index >= 15 is 0 Å². The summed E-state index contributed by atoms with van der Waals surface area (Å²) < 4.78 is 11.1. The summed E-state index contributed by atoms with van der Waals surface area (Å²) in [5, 5.41) is 9.89. The van der Waals surface area contributed by atoms with Crippen molar-refractivity contribution in [3.8, 4) is 0 Å². The molecule has 5 N–H and O–H groups in total. The zero-order valence-electron chi connectivity index (χ0n) is 9.59. The highest BCUT2D eigenvalue weighted by Gasteiger charge is 2.41. The first-order chi connectivity index (χ1) is 6.97. The molecular formula is C10H22N2O3. The van der Waals surface area contributed by atoms with Gasteiger partial charge in [0.2, 0.25) is 0 Å². The maximum absolute atomic E-state index is 9.89. The van der Waals surface area contributed by atoms with Crippen LogP contribution in [0.2, 0.25) is 0 Å². The standard InChI is InChI=1S/C10H22N2O3/c1-5(2)14-10-8(12)9(13)6(3)7(4-11)15-10/h5-10,13H,4,11-12H2,1-3H3/t6-,7?,8?,9?,10+/m1/s1. The molecule has 0 spiro atoms. The van der Waals surface area contributed by atoms with E-state index in [0.717, 1.165) is 0 Å². The second-order valence-electron chi connectivity index (χ2n) is 4.39. The van der Waals surface area contributed by atoms with E-state index < -0.39 is 18.4 Å². The van der Waals surface area contributed by atoms with Crippen LogP contribution in [-0.2, 0) is 9.47 Å². The van der Waals surface area contributed by atoms with Crippen LogP contribution in [0.4, 0.5) is 0 Å². The molecule has 0 radical (unpaired) electrons. The van der Waals surface area contributed by atoms with Gasteiger partial charge in [-0.25, -0.2) is 0 Å². The predicted octanol–water partition coefficient (Wildman–Crippen LogP) is -0.581. The first-order valence-electron chi connectivity index (χ1n) is 5.42. The van der Waals surface area contributed by atoms with Crippen LogP contribution in [0, 0.1) is 5.92 Å².